The predicted octanol–water partition coefficient (Wildman–Crippen LogP) is 11.9. The summed E-state index contributed by atoms with van der Waals surface area (Å²) in [7, 11) is 0. The minimum atomic E-state index is -5.29. The van der Waals surface area contributed by atoms with Crippen molar-refractivity contribution in [2.45, 2.75) is 24.4 Å². The zero-order chi connectivity index (χ0) is 32.7. The van der Waals surface area contributed by atoms with E-state index in [9.17, 15) is 44.3 Å². The van der Waals surface area contributed by atoms with Gasteiger partial charge >= 0.3 is 18.5 Å². The van der Waals surface area contributed by atoms with Crippen LogP contribution in [-0.4, -0.2) is 18.5 Å². The molecule has 0 aliphatic heterocycles. The van der Waals surface area contributed by atoms with Crippen molar-refractivity contribution >= 4 is 75.3 Å². The Balaban J connectivity index is 1.97. The summed E-state index contributed by atoms with van der Waals surface area (Å²) >= 11 is 28.9. The summed E-state index contributed by atoms with van der Waals surface area (Å²) in [6.45, 7) is -0.959. The van der Waals surface area contributed by atoms with E-state index < -0.39 is 80.5 Å². The Hall–Kier alpha value is -2.38. The van der Waals surface area contributed by atoms with Crippen LogP contribution in [0.25, 0.3) is 5.83 Å². The van der Waals surface area contributed by atoms with E-state index in [4.69, 9.17) is 58.0 Å². The van der Waals surface area contributed by atoms with Crippen molar-refractivity contribution in [1.82, 2.24) is 0 Å². The van der Waals surface area contributed by atoms with E-state index in [2.05, 4.69) is 5.32 Å². The van der Waals surface area contributed by atoms with Gasteiger partial charge in [-0.05, 0) is 42.0 Å². The molecule has 0 radical (unpaired) electrons. The zero-order valence-electron chi connectivity index (χ0n) is 20.5. The summed E-state index contributed by atoms with van der Waals surface area (Å²) in [6.07, 6.45) is -15.2. The molecule has 232 valence electrons. The highest BCUT2D eigenvalue weighted by atomic mass is 35.5. The molecular weight excluding hydrogens is 710 g/mol. The molecule has 3 aromatic rings. The fourth-order valence-corrected chi connectivity index (χ4v) is 4.95. The van der Waals surface area contributed by atoms with Crippen molar-refractivity contribution in [1.29, 1.82) is 0 Å². The third-order valence-corrected chi connectivity index (χ3v) is 7.52. The van der Waals surface area contributed by atoms with Gasteiger partial charge in [-0.15, -0.1) is 0 Å². The van der Waals surface area contributed by atoms with Gasteiger partial charge in [-0.2, -0.15) is 39.5 Å². The average Bonchev–Trinajstić information content (AvgIpc) is 2.87. The highest BCUT2D eigenvalue weighted by Crippen LogP contribution is 2.43. The maximum Gasteiger partial charge on any atom is 0.417 e. The quantitative estimate of drug-likeness (QED) is 0.150. The van der Waals surface area contributed by atoms with Crippen LogP contribution in [0, 0.1) is 0 Å². The van der Waals surface area contributed by atoms with Crippen molar-refractivity contribution in [2.24, 2.45) is 0 Å². The molecule has 43 heavy (non-hydrogen) atoms. The SMILES string of the molecule is O=C(CNc1c(Cl)cc(C(F)(F)F)cc1Cl)c1ccc(/C(F)=C/C(c2cc(Cl)c(Cl)c(Cl)c2)C(F)(F)F)cc1C(F)(F)F. The average molecular weight is 722 g/mol. The first-order valence-electron chi connectivity index (χ1n) is 11.2. The van der Waals surface area contributed by atoms with Crippen LogP contribution in [0.4, 0.5) is 49.6 Å². The lowest BCUT2D eigenvalue weighted by molar-refractivity contribution is -0.140. The minimum absolute atomic E-state index is 0.00302. The Morgan fingerprint density at radius 3 is 1.77 bits per heavy atom. The highest BCUT2D eigenvalue weighted by molar-refractivity contribution is 6.48. The minimum Gasteiger partial charge on any atom is -0.375 e. The fourth-order valence-electron chi connectivity index (χ4n) is 3.72. The summed E-state index contributed by atoms with van der Waals surface area (Å²) < 4.78 is 137. The molecule has 0 saturated carbocycles. The number of alkyl halides is 9. The summed E-state index contributed by atoms with van der Waals surface area (Å²) in [5, 5.41) is 0.0328. The first-order valence-corrected chi connectivity index (χ1v) is 13.1. The van der Waals surface area contributed by atoms with Crippen LogP contribution in [0.1, 0.15) is 38.5 Å². The van der Waals surface area contributed by atoms with Gasteiger partial charge in [0.25, 0.3) is 0 Å². The lowest BCUT2D eigenvalue weighted by atomic mass is 9.95. The third-order valence-electron chi connectivity index (χ3n) is 5.73. The van der Waals surface area contributed by atoms with Crippen LogP contribution in [0.2, 0.25) is 25.1 Å². The van der Waals surface area contributed by atoms with E-state index >= 15 is 4.39 Å². The normalized spacial score (nSPS) is 13.7. The second kappa shape index (κ2) is 12.9. The van der Waals surface area contributed by atoms with Crippen molar-refractivity contribution in [3.63, 3.8) is 0 Å². The number of carbonyl (C=O) groups excluding carboxylic acids is 1. The van der Waals surface area contributed by atoms with Crippen LogP contribution in [0.15, 0.2) is 48.5 Å². The van der Waals surface area contributed by atoms with E-state index in [0.29, 0.717) is 24.3 Å². The molecule has 0 aromatic heterocycles. The number of hydrogen-bond donors (Lipinski definition) is 1. The Labute approximate surface area is 261 Å². The molecule has 0 aliphatic rings. The highest BCUT2D eigenvalue weighted by Gasteiger charge is 2.41. The number of Topliss-reactive ketones (excluding diaryl/α,β-unsaturated/α-hetero) is 1. The molecule has 0 amide bonds. The predicted molar refractivity (Wildman–Crippen MR) is 145 cm³/mol. The molecule has 3 rings (SSSR count). The third kappa shape index (κ3) is 8.42. The zero-order valence-corrected chi connectivity index (χ0v) is 24.3. The van der Waals surface area contributed by atoms with E-state index in [1.165, 1.54) is 0 Å². The van der Waals surface area contributed by atoms with Crippen molar-refractivity contribution in [2.75, 3.05) is 11.9 Å². The van der Waals surface area contributed by atoms with Crippen LogP contribution in [0.5, 0.6) is 0 Å². The van der Waals surface area contributed by atoms with Gasteiger partial charge in [0.05, 0.1) is 48.5 Å². The van der Waals surface area contributed by atoms with Crippen LogP contribution < -0.4 is 5.32 Å². The van der Waals surface area contributed by atoms with Gasteiger partial charge in [0.2, 0.25) is 0 Å². The first-order chi connectivity index (χ1) is 19.6. The fraction of sp³-hybridized carbons (Fsp3) is 0.192. The Kier molecular flexibility index (Phi) is 10.6. The molecule has 2 nitrogen and oxygen atoms in total. The molecule has 17 heteroatoms. The second-order valence-electron chi connectivity index (χ2n) is 8.68. The number of ketones is 1. The van der Waals surface area contributed by atoms with Gasteiger partial charge in [0.1, 0.15) is 11.7 Å². The number of carbonyl (C=O) groups is 1. The summed E-state index contributed by atoms with van der Waals surface area (Å²) in [5.74, 6) is -5.72. The lowest BCUT2D eigenvalue weighted by Gasteiger charge is -2.19. The van der Waals surface area contributed by atoms with Gasteiger partial charge in [0.15, 0.2) is 5.78 Å². The van der Waals surface area contributed by atoms with Gasteiger partial charge in [-0.1, -0.05) is 70.1 Å². The molecule has 1 N–H and O–H groups in total. The molecule has 1 unspecified atom stereocenters. The molecule has 0 heterocycles. The molecule has 1 atom stereocenters. The molecular formula is C26H12Cl5F10NO. The van der Waals surface area contributed by atoms with E-state index in [0.717, 1.165) is 12.1 Å². The smallest absolute Gasteiger partial charge is 0.375 e. The Bertz CT molecular complexity index is 1540. The standard InChI is InChI=1S/C26H12Cl5F10NO/c27-16-4-11(5-17(28)22(16)31)14(25(36,37)38)8-20(32)10-1-2-13(15(3-10)26(39,40)41)21(43)9-42-23-18(29)6-12(7-19(23)30)24(33,34)35/h1-8,14,42H,9H2/b20-8-. The maximum absolute atomic E-state index is 15.1. The molecule has 0 saturated heterocycles. The molecule has 3 aromatic carbocycles. The molecule has 0 fully saturated rings. The lowest BCUT2D eigenvalue weighted by Crippen LogP contribution is -2.20. The molecule has 0 spiro atoms. The summed E-state index contributed by atoms with van der Waals surface area (Å²) in [5.41, 5.74) is -5.95. The van der Waals surface area contributed by atoms with Crippen molar-refractivity contribution in [3.8, 4) is 0 Å². The van der Waals surface area contributed by atoms with Gasteiger partial charge < -0.3 is 5.32 Å². The first kappa shape index (κ1) is 35.1. The number of benzene rings is 3. The topological polar surface area (TPSA) is 29.1 Å². The Morgan fingerprint density at radius 2 is 1.30 bits per heavy atom. The second-order valence-corrected chi connectivity index (χ2v) is 10.7. The number of allylic oxidation sites excluding steroid dienone is 1. The molecule has 0 aliphatic carbocycles. The Morgan fingerprint density at radius 1 is 0.767 bits per heavy atom. The number of rotatable bonds is 7. The monoisotopic (exact) mass is 719 g/mol. The van der Waals surface area contributed by atoms with Crippen LogP contribution in [0.3, 0.4) is 0 Å². The van der Waals surface area contributed by atoms with Crippen LogP contribution >= 0.6 is 58.0 Å². The summed E-state index contributed by atoms with van der Waals surface area (Å²) in [4.78, 5) is 12.7. The van der Waals surface area contributed by atoms with E-state index in [1.54, 1.807) is 0 Å². The van der Waals surface area contributed by atoms with Gasteiger partial charge in [-0.25, -0.2) is 4.39 Å². The molecule has 0 bridgehead atoms. The number of nitrogens with one attached hydrogen (secondary N) is 1. The van der Waals surface area contributed by atoms with Crippen molar-refractivity contribution in [3.05, 3.63) is 101 Å². The van der Waals surface area contributed by atoms with Gasteiger partial charge in [-0.3, -0.25) is 4.79 Å². The number of anilines is 1. The number of halogens is 15. The largest absolute Gasteiger partial charge is 0.417 e. The van der Waals surface area contributed by atoms with E-state index in [-0.39, 0.29) is 32.9 Å². The maximum atomic E-state index is 15.1. The van der Waals surface area contributed by atoms with Crippen LogP contribution in [-0.2, 0) is 12.4 Å². The van der Waals surface area contributed by atoms with Crippen molar-refractivity contribution < 1.29 is 48.7 Å². The van der Waals surface area contributed by atoms with Gasteiger partial charge in [0, 0.05) is 11.1 Å². The number of hydrogen-bond acceptors (Lipinski definition) is 2. The van der Waals surface area contributed by atoms with E-state index in [1.807, 2.05) is 0 Å². The summed E-state index contributed by atoms with van der Waals surface area (Å²) in [6, 6.07) is 3.79.